The van der Waals surface area contributed by atoms with Gasteiger partial charge in [0.05, 0.1) is 6.20 Å². The minimum atomic E-state index is 0.156. The van der Waals surface area contributed by atoms with Gasteiger partial charge in [-0.15, -0.1) is 5.10 Å². The van der Waals surface area contributed by atoms with Crippen LogP contribution in [0.25, 0.3) is 11.2 Å². The molecule has 2 fully saturated rings. The normalized spacial score (nSPS) is 23.1. The Labute approximate surface area is 183 Å². The number of nitrogens with two attached hydrogens (primary N) is 1. The van der Waals surface area contributed by atoms with E-state index >= 15 is 0 Å². The number of nitrogens with one attached hydrogen (secondary N) is 2. The largest absolute Gasteiger partial charge is 0.384 e. The van der Waals surface area contributed by atoms with E-state index in [4.69, 9.17) is 5.73 Å². The molecule has 0 radical (unpaired) electrons. The number of nitrogens with zero attached hydrogens (tertiary/aromatic N) is 5. The number of fused-ring (bicyclic) bond motifs is 1. The summed E-state index contributed by atoms with van der Waals surface area (Å²) in [6, 6.07) is 2.59. The quantitative estimate of drug-likeness (QED) is 0.511. The van der Waals surface area contributed by atoms with E-state index in [9.17, 15) is 0 Å². The second-order valence-corrected chi connectivity index (χ2v) is 9.68. The SMILES string of the molecule is CC1CCC(NCCC(c2cnn(CC3CCC3)c2)c2cc(N)nc3n[nH]nc23)CC1. The molecule has 5 rings (SSSR count). The Morgan fingerprint density at radius 3 is 2.81 bits per heavy atom. The number of hydrogen-bond donors (Lipinski definition) is 3. The van der Waals surface area contributed by atoms with Gasteiger partial charge in [0.25, 0.3) is 0 Å². The lowest BCUT2D eigenvalue weighted by Gasteiger charge is -2.28. The van der Waals surface area contributed by atoms with Gasteiger partial charge in [0.15, 0.2) is 0 Å². The van der Waals surface area contributed by atoms with Crippen LogP contribution < -0.4 is 11.1 Å². The van der Waals surface area contributed by atoms with Crippen molar-refractivity contribution in [3.8, 4) is 0 Å². The third-order valence-electron chi connectivity index (χ3n) is 7.32. The number of nitrogen functional groups attached to an aromatic ring is 1. The van der Waals surface area contributed by atoms with Crippen LogP contribution in [0, 0.1) is 11.8 Å². The number of hydrogen-bond acceptors (Lipinski definition) is 6. The first-order valence-corrected chi connectivity index (χ1v) is 11.9. The minimum absolute atomic E-state index is 0.156. The highest BCUT2D eigenvalue weighted by Gasteiger charge is 2.24. The Morgan fingerprint density at radius 1 is 1.19 bits per heavy atom. The van der Waals surface area contributed by atoms with Crippen molar-refractivity contribution in [1.29, 1.82) is 0 Å². The lowest BCUT2D eigenvalue weighted by molar-refractivity contribution is 0.266. The van der Waals surface area contributed by atoms with E-state index in [1.807, 2.05) is 12.3 Å². The second kappa shape index (κ2) is 8.94. The minimum Gasteiger partial charge on any atom is -0.384 e. The predicted molar refractivity (Wildman–Crippen MR) is 122 cm³/mol. The van der Waals surface area contributed by atoms with E-state index < -0.39 is 0 Å². The molecule has 8 nitrogen and oxygen atoms in total. The van der Waals surface area contributed by atoms with Gasteiger partial charge in [0.2, 0.25) is 5.65 Å². The van der Waals surface area contributed by atoms with Gasteiger partial charge in [-0.1, -0.05) is 13.3 Å². The molecule has 166 valence electrons. The second-order valence-electron chi connectivity index (χ2n) is 9.68. The molecular formula is C23H34N8. The zero-order valence-corrected chi connectivity index (χ0v) is 18.4. The Hall–Kier alpha value is -2.48. The highest BCUT2D eigenvalue weighted by Crippen LogP contribution is 2.33. The van der Waals surface area contributed by atoms with Gasteiger partial charge in [-0.25, -0.2) is 4.98 Å². The number of aromatic nitrogens is 6. The first-order chi connectivity index (χ1) is 15.2. The standard InChI is InChI=1S/C23H34N8/c1-15-5-7-18(8-6-15)25-10-9-19(17-12-26-31(14-17)13-16-3-2-4-16)20-11-21(24)27-23-22(20)28-30-29-23/h11-12,14-16,18-19,25H,2-10,13H2,1H3,(H3,24,27,28,29,30). The summed E-state index contributed by atoms with van der Waals surface area (Å²) in [5, 5.41) is 19.8. The monoisotopic (exact) mass is 422 g/mol. The van der Waals surface area contributed by atoms with E-state index in [1.165, 1.54) is 50.5 Å². The fourth-order valence-electron chi connectivity index (χ4n) is 5.14. The summed E-state index contributed by atoms with van der Waals surface area (Å²) < 4.78 is 2.12. The zero-order valence-electron chi connectivity index (χ0n) is 18.4. The van der Waals surface area contributed by atoms with Gasteiger partial charge in [0.1, 0.15) is 11.3 Å². The number of rotatable bonds is 8. The Kier molecular flexibility index (Phi) is 5.89. The van der Waals surface area contributed by atoms with Crippen molar-refractivity contribution in [1.82, 2.24) is 35.5 Å². The van der Waals surface area contributed by atoms with Crippen molar-refractivity contribution >= 4 is 17.0 Å². The van der Waals surface area contributed by atoms with Crippen LogP contribution in [0.15, 0.2) is 18.5 Å². The molecule has 2 saturated carbocycles. The van der Waals surface area contributed by atoms with Gasteiger partial charge in [-0.05, 0) is 80.5 Å². The lowest BCUT2D eigenvalue weighted by Crippen LogP contribution is -2.34. The highest BCUT2D eigenvalue weighted by atomic mass is 15.3. The summed E-state index contributed by atoms with van der Waals surface area (Å²) in [5.74, 6) is 2.29. The third-order valence-corrected chi connectivity index (χ3v) is 7.32. The number of aromatic amines is 1. The van der Waals surface area contributed by atoms with Crippen LogP contribution in [0.1, 0.15) is 75.3 Å². The molecule has 0 aliphatic heterocycles. The molecule has 0 aromatic carbocycles. The van der Waals surface area contributed by atoms with Crippen molar-refractivity contribution in [2.75, 3.05) is 12.3 Å². The summed E-state index contributed by atoms with van der Waals surface area (Å²) in [6.07, 6.45) is 14.4. The molecule has 3 aromatic heterocycles. The average Bonchev–Trinajstić information content (AvgIpc) is 3.38. The molecule has 8 heteroatoms. The van der Waals surface area contributed by atoms with Gasteiger partial charge < -0.3 is 11.1 Å². The lowest BCUT2D eigenvalue weighted by atomic mass is 9.85. The van der Waals surface area contributed by atoms with Gasteiger partial charge in [-0.2, -0.15) is 15.4 Å². The summed E-state index contributed by atoms with van der Waals surface area (Å²) in [7, 11) is 0. The van der Waals surface area contributed by atoms with Crippen molar-refractivity contribution in [2.45, 2.75) is 76.8 Å². The average molecular weight is 423 g/mol. The molecule has 0 saturated heterocycles. The van der Waals surface area contributed by atoms with Crippen LogP contribution in [-0.2, 0) is 6.54 Å². The highest BCUT2D eigenvalue weighted by molar-refractivity contribution is 5.77. The van der Waals surface area contributed by atoms with Crippen molar-refractivity contribution in [3.63, 3.8) is 0 Å². The fraction of sp³-hybridized carbons (Fsp3) is 0.652. The molecule has 2 aliphatic rings. The topological polar surface area (TPSA) is 110 Å². The Morgan fingerprint density at radius 2 is 2.03 bits per heavy atom. The van der Waals surface area contributed by atoms with E-state index in [0.717, 1.165) is 42.4 Å². The zero-order chi connectivity index (χ0) is 21.2. The molecule has 0 amide bonds. The molecule has 2 aliphatic carbocycles. The van der Waals surface area contributed by atoms with E-state index in [2.05, 4.69) is 48.6 Å². The van der Waals surface area contributed by atoms with Crippen LogP contribution in [-0.4, -0.2) is 42.8 Å². The maximum atomic E-state index is 6.13. The van der Waals surface area contributed by atoms with Crippen LogP contribution in [0.5, 0.6) is 0 Å². The van der Waals surface area contributed by atoms with Crippen molar-refractivity contribution in [2.24, 2.45) is 11.8 Å². The molecule has 31 heavy (non-hydrogen) atoms. The molecule has 0 bridgehead atoms. The first-order valence-electron chi connectivity index (χ1n) is 11.9. The van der Waals surface area contributed by atoms with Gasteiger partial charge in [0, 0.05) is 24.7 Å². The Balaban J connectivity index is 1.36. The van der Waals surface area contributed by atoms with Crippen LogP contribution in [0.3, 0.4) is 0 Å². The molecular weight excluding hydrogens is 388 g/mol. The van der Waals surface area contributed by atoms with Gasteiger partial charge >= 0.3 is 0 Å². The molecule has 1 unspecified atom stereocenters. The number of H-pyrrole nitrogens is 1. The van der Waals surface area contributed by atoms with E-state index in [1.54, 1.807) is 0 Å². The number of anilines is 1. The van der Waals surface area contributed by atoms with Crippen LogP contribution in [0.4, 0.5) is 5.82 Å². The van der Waals surface area contributed by atoms with Crippen LogP contribution in [0.2, 0.25) is 0 Å². The summed E-state index contributed by atoms with van der Waals surface area (Å²) in [5.41, 5.74) is 9.81. The van der Waals surface area contributed by atoms with Crippen LogP contribution >= 0.6 is 0 Å². The molecule has 4 N–H and O–H groups in total. The third kappa shape index (κ3) is 4.59. The molecule has 1 atom stereocenters. The molecule has 0 spiro atoms. The molecule has 3 aromatic rings. The maximum absolute atomic E-state index is 6.13. The maximum Gasteiger partial charge on any atom is 0.203 e. The smallest absolute Gasteiger partial charge is 0.203 e. The summed E-state index contributed by atoms with van der Waals surface area (Å²) in [6.45, 7) is 4.34. The van der Waals surface area contributed by atoms with Crippen molar-refractivity contribution < 1.29 is 0 Å². The fourth-order valence-corrected chi connectivity index (χ4v) is 5.14. The van der Waals surface area contributed by atoms with Crippen molar-refractivity contribution in [3.05, 3.63) is 29.6 Å². The van der Waals surface area contributed by atoms with Gasteiger partial charge in [-0.3, -0.25) is 4.68 Å². The summed E-state index contributed by atoms with van der Waals surface area (Å²) >= 11 is 0. The predicted octanol–water partition coefficient (Wildman–Crippen LogP) is 3.62. The number of pyridine rings is 1. The van der Waals surface area contributed by atoms with E-state index in [0.29, 0.717) is 17.5 Å². The summed E-state index contributed by atoms with van der Waals surface area (Å²) in [4.78, 5) is 4.33. The molecule has 3 heterocycles. The Bertz CT molecular complexity index is 996. The van der Waals surface area contributed by atoms with E-state index in [-0.39, 0.29) is 5.92 Å². The first kappa shape index (κ1) is 20.4.